The zero-order valence-electron chi connectivity index (χ0n) is 11.0. The molecule has 0 aliphatic rings. The molecule has 0 unspecified atom stereocenters. The molecule has 0 fully saturated rings. The van der Waals surface area contributed by atoms with E-state index in [9.17, 15) is 9.90 Å². The van der Waals surface area contributed by atoms with E-state index in [1.165, 1.54) is 19.1 Å². The van der Waals surface area contributed by atoms with E-state index < -0.39 is 0 Å². The van der Waals surface area contributed by atoms with Gasteiger partial charge in [-0.05, 0) is 24.6 Å². The first-order valence-electron chi connectivity index (χ1n) is 6.07. The van der Waals surface area contributed by atoms with Gasteiger partial charge < -0.3 is 9.84 Å². The fraction of sp³-hybridized carbons (Fsp3) is 0.125. The SMILES string of the molecule is CC(=O)c1ccc(OCc2ccccc2)c(C#N)c1O. The van der Waals surface area contributed by atoms with E-state index >= 15 is 0 Å². The van der Waals surface area contributed by atoms with Gasteiger partial charge in [0.15, 0.2) is 5.78 Å². The second kappa shape index (κ2) is 5.89. The number of phenols is 1. The third-order valence-corrected chi connectivity index (χ3v) is 2.87. The van der Waals surface area contributed by atoms with Crippen molar-refractivity contribution in [1.82, 2.24) is 0 Å². The second-order valence-corrected chi connectivity index (χ2v) is 4.28. The Morgan fingerprint density at radius 1 is 1.25 bits per heavy atom. The van der Waals surface area contributed by atoms with Crippen molar-refractivity contribution in [3.8, 4) is 17.6 Å². The molecule has 0 aliphatic heterocycles. The number of rotatable bonds is 4. The molecule has 0 spiro atoms. The normalized spacial score (nSPS) is 9.80. The minimum atomic E-state index is -0.328. The molecule has 2 aromatic rings. The highest BCUT2D eigenvalue weighted by atomic mass is 16.5. The van der Waals surface area contributed by atoms with Crippen LogP contribution in [0.2, 0.25) is 0 Å². The maximum atomic E-state index is 11.3. The number of carbonyl (C=O) groups excluding carboxylic acids is 1. The number of ether oxygens (including phenoxy) is 1. The van der Waals surface area contributed by atoms with Gasteiger partial charge in [0.25, 0.3) is 0 Å². The number of Topliss-reactive ketones (excluding diaryl/α,β-unsaturated/α-hetero) is 1. The molecule has 0 heterocycles. The third-order valence-electron chi connectivity index (χ3n) is 2.87. The molecule has 0 saturated carbocycles. The summed E-state index contributed by atoms with van der Waals surface area (Å²) in [6, 6.07) is 14.3. The van der Waals surface area contributed by atoms with Crippen molar-refractivity contribution in [2.75, 3.05) is 0 Å². The minimum Gasteiger partial charge on any atom is -0.506 e. The summed E-state index contributed by atoms with van der Waals surface area (Å²) >= 11 is 0. The van der Waals surface area contributed by atoms with Crippen LogP contribution in [0.15, 0.2) is 42.5 Å². The number of hydrogen-bond acceptors (Lipinski definition) is 4. The lowest BCUT2D eigenvalue weighted by molar-refractivity contribution is 0.101. The predicted molar refractivity (Wildman–Crippen MR) is 73.6 cm³/mol. The number of ketones is 1. The van der Waals surface area contributed by atoms with Gasteiger partial charge in [0, 0.05) is 0 Å². The van der Waals surface area contributed by atoms with Gasteiger partial charge in [-0.2, -0.15) is 5.26 Å². The Kier molecular flexibility index (Phi) is 4.02. The van der Waals surface area contributed by atoms with Gasteiger partial charge in [-0.1, -0.05) is 30.3 Å². The molecule has 0 radical (unpaired) electrons. The summed E-state index contributed by atoms with van der Waals surface area (Å²) in [6.45, 7) is 1.62. The Balaban J connectivity index is 2.27. The van der Waals surface area contributed by atoms with Crippen molar-refractivity contribution < 1.29 is 14.6 Å². The zero-order chi connectivity index (χ0) is 14.5. The van der Waals surface area contributed by atoms with Crippen LogP contribution in [0.5, 0.6) is 11.5 Å². The maximum absolute atomic E-state index is 11.3. The lowest BCUT2D eigenvalue weighted by atomic mass is 10.1. The van der Waals surface area contributed by atoms with Gasteiger partial charge >= 0.3 is 0 Å². The van der Waals surface area contributed by atoms with Gasteiger partial charge in [0.1, 0.15) is 29.7 Å². The molecule has 0 aromatic heterocycles. The van der Waals surface area contributed by atoms with Crippen molar-refractivity contribution in [2.24, 2.45) is 0 Å². The number of carbonyl (C=O) groups is 1. The van der Waals surface area contributed by atoms with Crippen LogP contribution in [0.3, 0.4) is 0 Å². The largest absolute Gasteiger partial charge is 0.506 e. The summed E-state index contributed by atoms with van der Waals surface area (Å²) in [7, 11) is 0. The van der Waals surface area contributed by atoms with Crippen LogP contribution in [0, 0.1) is 11.3 Å². The summed E-state index contributed by atoms with van der Waals surface area (Å²) < 4.78 is 5.54. The molecule has 2 aromatic carbocycles. The van der Waals surface area contributed by atoms with Crippen LogP contribution in [0.25, 0.3) is 0 Å². The standard InChI is InChI=1S/C16H13NO3/c1-11(18)13-7-8-15(14(9-17)16(13)19)20-10-12-5-3-2-4-6-12/h2-8,19H,10H2,1H3. The van der Waals surface area contributed by atoms with Crippen LogP contribution in [0.4, 0.5) is 0 Å². The zero-order valence-corrected chi connectivity index (χ0v) is 11.0. The first-order chi connectivity index (χ1) is 9.63. The van der Waals surface area contributed by atoms with Gasteiger partial charge in [0.2, 0.25) is 0 Å². The number of aromatic hydroxyl groups is 1. The summed E-state index contributed by atoms with van der Waals surface area (Å²) in [4.78, 5) is 11.3. The Hall–Kier alpha value is -2.80. The number of benzene rings is 2. The van der Waals surface area contributed by atoms with E-state index in [1.807, 2.05) is 36.4 Å². The van der Waals surface area contributed by atoms with E-state index in [1.54, 1.807) is 0 Å². The van der Waals surface area contributed by atoms with Gasteiger partial charge in [-0.25, -0.2) is 0 Å². The molecular formula is C16H13NO3. The number of nitrogens with zero attached hydrogens (tertiary/aromatic N) is 1. The molecule has 4 heteroatoms. The summed E-state index contributed by atoms with van der Waals surface area (Å²) in [6.07, 6.45) is 0. The smallest absolute Gasteiger partial charge is 0.163 e. The van der Waals surface area contributed by atoms with Crippen molar-refractivity contribution >= 4 is 5.78 Å². The maximum Gasteiger partial charge on any atom is 0.163 e. The first-order valence-corrected chi connectivity index (χ1v) is 6.07. The minimum absolute atomic E-state index is 0.0198. The third kappa shape index (κ3) is 2.78. The highest BCUT2D eigenvalue weighted by molar-refractivity contribution is 5.97. The monoisotopic (exact) mass is 267 g/mol. The fourth-order valence-electron chi connectivity index (χ4n) is 1.82. The molecular weight excluding hydrogens is 254 g/mol. The lowest BCUT2D eigenvalue weighted by Gasteiger charge is -2.10. The average molecular weight is 267 g/mol. The van der Waals surface area contributed by atoms with Crippen LogP contribution < -0.4 is 4.74 Å². The van der Waals surface area contributed by atoms with Crippen molar-refractivity contribution in [3.63, 3.8) is 0 Å². The van der Waals surface area contributed by atoms with Gasteiger partial charge in [-0.15, -0.1) is 0 Å². The molecule has 0 atom stereocenters. The highest BCUT2D eigenvalue weighted by Gasteiger charge is 2.16. The number of nitriles is 1. The van der Waals surface area contributed by atoms with Crippen molar-refractivity contribution in [2.45, 2.75) is 13.5 Å². The Labute approximate surface area is 116 Å². The Morgan fingerprint density at radius 3 is 2.55 bits per heavy atom. The molecule has 0 aliphatic carbocycles. The van der Waals surface area contributed by atoms with Crippen molar-refractivity contribution in [3.05, 3.63) is 59.2 Å². The van der Waals surface area contributed by atoms with Crippen LogP contribution in [-0.4, -0.2) is 10.9 Å². The molecule has 4 nitrogen and oxygen atoms in total. The molecule has 0 amide bonds. The Bertz CT molecular complexity index is 672. The second-order valence-electron chi connectivity index (χ2n) is 4.28. The molecule has 1 N–H and O–H groups in total. The van der Waals surface area contributed by atoms with Crippen LogP contribution in [-0.2, 0) is 6.61 Å². The van der Waals surface area contributed by atoms with Gasteiger partial charge in [0.05, 0.1) is 5.56 Å². The highest BCUT2D eigenvalue weighted by Crippen LogP contribution is 2.31. The summed E-state index contributed by atoms with van der Waals surface area (Å²) in [5.41, 5.74) is 1.05. The van der Waals surface area contributed by atoms with Crippen LogP contribution >= 0.6 is 0 Å². The average Bonchev–Trinajstić information content (AvgIpc) is 2.45. The quantitative estimate of drug-likeness (QED) is 0.864. The van der Waals surface area contributed by atoms with E-state index in [-0.39, 0.29) is 35.0 Å². The van der Waals surface area contributed by atoms with E-state index in [2.05, 4.69) is 0 Å². The first kappa shape index (κ1) is 13.6. The van der Waals surface area contributed by atoms with Crippen molar-refractivity contribution in [1.29, 1.82) is 5.26 Å². The predicted octanol–water partition coefficient (Wildman–Crippen LogP) is 3.05. The molecule has 0 saturated heterocycles. The molecule has 100 valence electrons. The lowest BCUT2D eigenvalue weighted by Crippen LogP contribution is -2.00. The molecule has 0 bridgehead atoms. The van der Waals surface area contributed by atoms with E-state index in [4.69, 9.17) is 10.00 Å². The summed E-state index contributed by atoms with van der Waals surface area (Å²) in [5, 5.41) is 19.0. The molecule has 20 heavy (non-hydrogen) atoms. The van der Waals surface area contributed by atoms with Crippen LogP contribution in [0.1, 0.15) is 28.4 Å². The number of phenolic OH excluding ortho intramolecular Hbond substituents is 1. The topological polar surface area (TPSA) is 70.3 Å². The fourth-order valence-corrected chi connectivity index (χ4v) is 1.82. The summed E-state index contributed by atoms with van der Waals surface area (Å²) in [5.74, 6) is -0.363. The van der Waals surface area contributed by atoms with E-state index in [0.717, 1.165) is 5.56 Å². The molecule has 2 rings (SSSR count). The van der Waals surface area contributed by atoms with E-state index in [0.29, 0.717) is 0 Å². The van der Waals surface area contributed by atoms with Gasteiger partial charge in [-0.3, -0.25) is 4.79 Å². The number of hydrogen-bond donors (Lipinski definition) is 1. The Morgan fingerprint density at radius 2 is 1.95 bits per heavy atom.